The molecule has 1 aromatic carbocycles. The summed E-state index contributed by atoms with van der Waals surface area (Å²) in [5.41, 5.74) is 2.02. The molecule has 0 unspecified atom stereocenters. The molecule has 2 aromatic heterocycles. The Kier molecular flexibility index (Phi) is 3.01. The van der Waals surface area contributed by atoms with Crippen LogP contribution >= 0.6 is 0 Å². The van der Waals surface area contributed by atoms with Crippen molar-refractivity contribution < 1.29 is 9.90 Å². The van der Waals surface area contributed by atoms with Gasteiger partial charge >= 0.3 is 0 Å². The monoisotopic (exact) mass is 306 g/mol. The Hall–Kier alpha value is -2.95. The largest absolute Gasteiger partial charge is 0.506 e. The molecule has 1 aliphatic rings. The zero-order valence-electron chi connectivity index (χ0n) is 12.3. The second kappa shape index (κ2) is 5.05. The van der Waals surface area contributed by atoms with Crippen molar-refractivity contribution in [1.29, 1.82) is 0 Å². The molecule has 0 fully saturated rings. The summed E-state index contributed by atoms with van der Waals surface area (Å²) in [7, 11) is 0. The second-order valence-corrected chi connectivity index (χ2v) is 5.70. The molecule has 5 nitrogen and oxygen atoms in total. The average Bonchev–Trinajstić information content (AvgIpc) is 2.99. The minimum absolute atomic E-state index is 0.0660. The minimum atomic E-state index is -0.404. The Morgan fingerprint density at radius 2 is 2.00 bits per heavy atom. The summed E-state index contributed by atoms with van der Waals surface area (Å²) in [4.78, 5) is 29.2. The molecule has 1 N–H and O–H groups in total. The maximum Gasteiger partial charge on any atom is 0.265 e. The molecule has 23 heavy (non-hydrogen) atoms. The lowest BCUT2D eigenvalue weighted by Crippen LogP contribution is -2.26. The van der Waals surface area contributed by atoms with Crippen LogP contribution in [-0.2, 0) is 19.4 Å². The second-order valence-electron chi connectivity index (χ2n) is 5.70. The lowest BCUT2D eigenvalue weighted by molar-refractivity contribution is 0.0988. The number of carbonyl (C=O) groups is 1. The van der Waals surface area contributed by atoms with E-state index in [4.69, 9.17) is 0 Å². The topological polar surface area (TPSA) is 72.2 Å². The van der Waals surface area contributed by atoms with E-state index >= 15 is 0 Å². The number of aromatic hydroxyl groups is 1. The summed E-state index contributed by atoms with van der Waals surface area (Å²) >= 11 is 0. The van der Waals surface area contributed by atoms with Crippen LogP contribution < -0.4 is 5.56 Å². The number of rotatable bonds is 3. The van der Waals surface area contributed by atoms with E-state index < -0.39 is 5.56 Å². The van der Waals surface area contributed by atoms with Crippen molar-refractivity contribution in [2.75, 3.05) is 0 Å². The molecule has 0 atom stereocenters. The first-order valence-corrected chi connectivity index (χ1v) is 7.46. The Labute approximate surface area is 131 Å². The Morgan fingerprint density at radius 3 is 2.78 bits per heavy atom. The lowest BCUT2D eigenvalue weighted by Gasteiger charge is -2.10. The first kappa shape index (κ1) is 13.7. The average molecular weight is 306 g/mol. The number of hydrogen-bond acceptors (Lipinski definition) is 4. The van der Waals surface area contributed by atoms with E-state index in [1.807, 2.05) is 12.1 Å². The zero-order valence-corrected chi connectivity index (χ0v) is 12.3. The zero-order chi connectivity index (χ0) is 16.0. The smallest absolute Gasteiger partial charge is 0.265 e. The highest BCUT2D eigenvalue weighted by Crippen LogP contribution is 2.32. The third-order valence-electron chi connectivity index (χ3n) is 4.34. The van der Waals surface area contributed by atoms with Crippen molar-refractivity contribution in [3.63, 3.8) is 0 Å². The minimum Gasteiger partial charge on any atom is -0.506 e. The summed E-state index contributed by atoms with van der Waals surface area (Å²) in [6, 6.07) is 8.99. The van der Waals surface area contributed by atoms with Crippen molar-refractivity contribution in [1.82, 2.24) is 9.55 Å². The molecule has 3 heterocycles. The van der Waals surface area contributed by atoms with Crippen LogP contribution in [0.2, 0.25) is 0 Å². The predicted octanol–water partition coefficient (Wildman–Crippen LogP) is 2.08. The van der Waals surface area contributed by atoms with E-state index in [0.29, 0.717) is 11.9 Å². The molecular weight excluding hydrogens is 292 g/mol. The number of benzene rings is 1. The van der Waals surface area contributed by atoms with Crippen molar-refractivity contribution >= 4 is 16.7 Å². The third kappa shape index (κ3) is 2.04. The van der Waals surface area contributed by atoms with E-state index in [-0.39, 0.29) is 23.5 Å². The Morgan fingerprint density at radius 1 is 1.22 bits per heavy atom. The molecule has 0 spiro atoms. The van der Waals surface area contributed by atoms with Gasteiger partial charge in [-0.2, -0.15) is 0 Å². The number of carbonyl (C=O) groups excluding carboxylic acids is 1. The van der Waals surface area contributed by atoms with Gasteiger partial charge in [0.2, 0.25) is 0 Å². The van der Waals surface area contributed by atoms with Crippen LogP contribution in [0.4, 0.5) is 0 Å². The van der Waals surface area contributed by atoms with Gasteiger partial charge in [0.25, 0.3) is 5.56 Å². The van der Waals surface area contributed by atoms with E-state index in [1.165, 1.54) is 0 Å². The van der Waals surface area contributed by atoms with Crippen molar-refractivity contribution in [3.05, 3.63) is 69.8 Å². The molecule has 0 radical (unpaired) electrons. The van der Waals surface area contributed by atoms with Gasteiger partial charge in [0, 0.05) is 30.7 Å². The summed E-state index contributed by atoms with van der Waals surface area (Å²) < 4.78 is 1.60. The highest BCUT2D eigenvalue weighted by molar-refractivity contribution is 6.05. The van der Waals surface area contributed by atoms with Gasteiger partial charge in [-0.25, -0.2) is 0 Å². The standard InChI is InChI=1S/C18H14N2O3/c21-14(10-11-4-7-19-8-5-11)15-17(22)13-3-1-2-12-6-9-20(16(12)13)18(15)23/h1-5,7-8,22H,6,9-10H2. The van der Waals surface area contributed by atoms with Gasteiger partial charge in [-0.15, -0.1) is 0 Å². The fourth-order valence-electron chi connectivity index (χ4n) is 3.25. The highest BCUT2D eigenvalue weighted by atomic mass is 16.3. The summed E-state index contributed by atoms with van der Waals surface area (Å²) in [5.74, 6) is -0.578. The summed E-state index contributed by atoms with van der Waals surface area (Å²) in [5, 5.41) is 11.1. The number of ketones is 1. The fraction of sp³-hybridized carbons (Fsp3) is 0.167. The van der Waals surface area contributed by atoms with Gasteiger partial charge in [0.05, 0.1) is 5.52 Å². The van der Waals surface area contributed by atoms with Crippen molar-refractivity contribution in [2.24, 2.45) is 0 Å². The van der Waals surface area contributed by atoms with Crippen LogP contribution in [0.1, 0.15) is 21.5 Å². The molecule has 0 saturated carbocycles. The summed E-state index contributed by atoms with van der Waals surface area (Å²) in [6.07, 6.45) is 4.01. The van der Waals surface area contributed by atoms with Crippen LogP contribution in [0.5, 0.6) is 5.75 Å². The van der Waals surface area contributed by atoms with Crippen molar-refractivity contribution in [3.8, 4) is 5.75 Å². The van der Waals surface area contributed by atoms with Gasteiger partial charge in [0.15, 0.2) is 5.78 Å². The van der Waals surface area contributed by atoms with Gasteiger partial charge in [0.1, 0.15) is 11.3 Å². The Balaban J connectivity index is 1.89. The van der Waals surface area contributed by atoms with Gasteiger partial charge < -0.3 is 9.67 Å². The van der Waals surface area contributed by atoms with Crippen LogP contribution in [0, 0.1) is 0 Å². The van der Waals surface area contributed by atoms with Gasteiger partial charge in [-0.3, -0.25) is 14.6 Å². The first-order chi connectivity index (χ1) is 11.2. The van der Waals surface area contributed by atoms with Crippen LogP contribution in [0.25, 0.3) is 10.9 Å². The molecule has 1 aliphatic heterocycles. The van der Waals surface area contributed by atoms with E-state index in [0.717, 1.165) is 23.1 Å². The van der Waals surface area contributed by atoms with E-state index in [2.05, 4.69) is 4.98 Å². The lowest BCUT2D eigenvalue weighted by atomic mass is 10.0. The SMILES string of the molecule is O=C(Cc1ccncc1)c1c(O)c2cccc3c2n(c1=O)CC3. The molecule has 0 bridgehead atoms. The first-order valence-electron chi connectivity index (χ1n) is 7.46. The number of Topliss-reactive ketones (excluding diaryl/α,β-unsaturated/α-hetero) is 1. The molecule has 114 valence electrons. The number of aryl methyl sites for hydroxylation is 2. The third-order valence-corrected chi connectivity index (χ3v) is 4.34. The highest BCUT2D eigenvalue weighted by Gasteiger charge is 2.25. The molecular formula is C18H14N2O3. The quantitative estimate of drug-likeness (QED) is 0.752. The molecule has 4 rings (SSSR count). The molecule has 5 heteroatoms. The van der Waals surface area contributed by atoms with Gasteiger partial charge in [-0.05, 0) is 35.7 Å². The Bertz CT molecular complexity index is 991. The molecule has 3 aromatic rings. The molecule has 0 amide bonds. The molecule has 0 aliphatic carbocycles. The number of nitrogens with zero attached hydrogens (tertiary/aromatic N) is 2. The maximum atomic E-state index is 12.7. The van der Waals surface area contributed by atoms with Crippen molar-refractivity contribution in [2.45, 2.75) is 19.4 Å². The normalized spacial score (nSPS) is 12.7. The number of aromatic nitrogens is 2. The predicted molar refractivity (Wildman–Crippen MR) is 85.8 cm³/mol. The number of hydrogen-bond donors (Lipinski definition) is 1. The van der Waals surface area contributed by atoms with Crippen LogP contribution in [0.3, 0.4) is 0 Å². The maximum absolute atomic E-state index is 12.7. The van der Waals surface area contributed by atoms with E-state index in [9.17, 15) is 14.7 Å². The number of para-hydroxylation sites is 1. The molecule has 0 saturated heterocycles. The number of pyridine rings is 2. The summed E-state index contributed by atoms with van der Waals surface area (Å²) in [6.45, 7) is 0.546. The van der Waals surface area contributed by atoms with Gasteiger partial charge in [-0.1, -0.05) is 12.1 Å². The van der Waals surface area contributed by atoms with E-state index in [1.54, 1.807) is 35.2 Å². The van der Waals surface area contributed by atoms with Crippen LogP contribution in [0.15, 0.2) is 47.5 Å². The van der Waals surface area contributed by atoms with Crippen LogP contribution in [-0.4, -0.2) is 20.4 Å². The fourth-order valence-corrected chi connectivity index (χ4v) is 3.25.